The van der Waals surface area contributed by atoms with Crippen LogP contribution in [0, 0.1) is 0 Å². The van der Waals surface area contributed by atoms with Crippen molar-refractivity contribution in [2.45, 2.75) is 11.8 Å². The second kappa shape index (κ2) is 6.33. The molecule has 1 nitrogen and oxygen atoms in total. The van der Waals surface area contributed by atoms with Crippen LogP contribution in [0.5, 0.6) is 0 Å². The summed E-state index contributed by atoms with van der Waals surface area (Å²) in [7, 11) is 1.69. The molecule has 1 aromatic carbocycles. The molecule has 0 aromatic heterocycles. The molecule has 0 saturated carbocycles. The number of allylic oxidation sites excluding steroid dienone is 3. The quantitative estimate of drug-likeness (QED) is 0.420. The second-order valence-corrected chi connectivity index (χ2v) is 3.71. The van der Waals surface area contributed by atoms with E-state index < -0.39 is 0 Å². The molecule has 2 heteroatoms. The van der Waals surface area contributed by atoms with Gasteiger partial charge < -0.3 is 4.74 Å². The maximum Gasteiger partial charge on any atom is 0.157 e. The molecule has 0 amide bonds. The van der Waals surface area contributed by atoms with Crippen LogP contribution in [0.15, 0.2) is 58.5 Å². The summed E-state index contributed by atoms with van der Waals surface area (Å²) in [5.74, 6) is 0. The summed E-state index contributed by atoms with van der Waals surface area (Å²) in [6.45, 7) is 1.98. The fourth-order valence-corrected chi connectivity index (χ4v) is 1.68. The molecule has 0 N–H and O–H groups in total. The van der Waals surface area contributed by atoms with Gasteiger partial charge in [0.05, 0.1) is 7.11 Å². The smallest absolute Gasteiger partial charge is 0.157 e. The summed E-state index contributed by atoms with van der Waals surface area (Å²) in [5.41, 5.74) is 0. The van der Waals surface area contributed by atoms with E-state index in [1.807, 2.05) is 43.4 Å². The third-order valence-electron chi connectivity index (χ3n) is 1.59. The number of ether oxygens (including phenoxy) is 1. The van der Waals surface area contributed by atoms with Crippen molar-refractivity contribution < 1.29 is 4.74 Å². The van der Waals surface area contributed by atoms with Crippen molar-refractivity contribution in [2.75, 3.05) is 7.11 Å². The molecule has 0 radical (unpaired) electrons. The number of benzene rings is 1. The Morgan fingerprint density at radius 1 is 1.29 bits per heavy atom. The zero-order chi connectivity index (χ0) is 10.2. The predicted molar refractivity (Wildman–Crippen MR) is 62.2 cm³/mol. The summed E-state index contributed by atoms with van der Waals surface area (Å²) in [5, 5.41) is 0.898. The predicted octanol–water partition coefficient (Wildman–Crippen LogP) is 3.84. The third-order valence-corrected chi connectivity index (χ3v) is 2.60. The normalized spacial score (nSPS) is 12.0. The van der Waals surface area contributed by atoms with Crippen LogP contribution >= 0.6 is 11.8 Å². The van der Waals surface area contributed by atoms with Gasteiger partial charge >= 0.3 is 0 Å². The molecule has 1 rings (SSSR count). The van der Waals surface area contributed by atoms with Gasteiger partial charge in [0.25, 0.3) is 0 Å². The van der Waals surface area contributed by atoms with E-state index in [1.54, 1.807) is 18.9 Å². The van der Waals surface area contributed by atoms with Gasteiger partial charge in [-0.05, 0) is 25.1 Å². The van der Waals surface area contributed by atoms with Crippen LogP contribution in [0.25, 0.3) is 0 Å². The molecule has 0 aliphatic carbocycles. The minimum Gasteiger partial charge on any atom is -0.490 e. The first-order valence-corrected chi connectivity index (χ1v) is 5.28. The number of rotatable bonds is 4. The summed E-state index contributed by atoms with van der Waals surface area (Å²) >= 11 is 1.62. The largest absolute Gasteiger partial charge is 0.490 e. The van der Waals surface area contributed by atoms with Gasteiger partial charge in [0.2, 0.25) is 0 Å². The first-order chi connectivity index (χ1) is 6.86. The molecule has 0 spiro atoms. The lowest BCUT2D eigenvalue weighted by atomic mass is 10.4. The van der Waals surface area contributed by atoms with E-state index in [0.717, 1.165) is 5.09 Å². The molecule has 0 fully saturated rings. The molecule has 0 aliphatic rings. The van der Waals surface area contributed by atoms with Crippen LogP contribution in [0.2, 0.25) is 0 Å². The van der Waals surface area contributed by atoms with Crippen molar-refractivity contribution in [1.82, 2.24) is 0 Å². The maximum absolute atomic E-state index is 5.23. The molecule has 1 aromatic rings. The highest BCUT2D eigenvalue weighted by Gasteiger charge is 1.97. The standard InChI is InChI=1S/C12H14OS/c1-3-4-10-12(13-2)14-11-8-6-5-7-9-11/h3-10H,1-2H3. The number of thioether (sulfide) groups is 1. The minimum atomic E-state index is 0.898. The van der Waals surface area contributed by atoms with E-state index >= 15 is 0 Å². The van der Waals surface area contributed by atoms with Gasteiger partial charge in [-0.3, -0.25) is 0 Å². The lowest BCUT2D eigenvalue weighted by Crippen LogP contribution is -1.80. The molecule has 0 atom stereocenters. The Morgan fingerprint density at radius 3 is 2.57 bits per heavy atom. The van der Waals surface area contributed by atoms with Gasteiger partial charge in [0, 0.05) is 4.90 Å². The van der Waals surface area contributed by atoms with Crippen LogP contribution in [0.4, 0.5) is 0 Å². The molecule has 0 unspecified atom stereocenters. The number of hydrogen-bond acceptors (Lipinski definition) is 2. The van der Waals surface area contributed by atoms with Crippen molar-refractivity contribution in [3.63, 3.8) is 0 Å². The third kappa shape index (κ3) is 3.71. The second-order valence-electron chi connectivity index (χ2n) is 2.63. The van der Waals surface area contributed by atoms with Gasteiger partial charge in [-0.1, -0.05) is 42.1 Å². The van der Waals surface area contributed by atoms with Crippen LogP contribution < -0.4 is 0 Å². The van der Waals surface area contributed by atoms with Crippen LogP contribution in [0.1, 0.15) is 6.92 Å². The molecule has 0 saturated heterocycles. The topological polar surface area (TPSA) is 9.23 Å². The fourth-order valence-electron chi connectivity index (χ4n) is 0.923. The molecule has 0 aliphatic heterocycles. The Bertz CT molecular complexity index is 314. The van der Waals surface area contributed by atoms with Gasteiger partial charge in [-0.15, -0.1) is 0 Å². The van der Waals surface area contributed by atoms with Crippen LogP contribution in [0.3, 0.4) is 0 Å². The van der Waals surface area contributed by atoms with Crippen molar-refractivity contribution in [1.29, 1.82) is 0 Å². The lowest BCUT2D eigenvalue weighted by molar-refractivity contribution is 0.325. The van der Waals surface area contributed by atoms with E-state index in [-0.39, 0.29) is 0 Å². The van der Waals surface area contributed by atoms with Crippen LogP contribution in [-0.2, 0) is 4.74 Å². The van der Waals surface area contributed by atoms with Gasteiger partial charge in [-0.2, -0.15) is 0 Å². The molecule has 74 valence electrons. The summed E-state index contributed by atoms with van der Waals surface area (Å²) in [4.78, 5) is 1.19. The monoisotopic (exact) mass is 206 g/mol. The van der Waals surface area contributed by atoms with Gasteiger partial charge in [0.1, 0.15) is 0 Å². The SMILES string of the molecule is CC=CC=C(OC)Sc1ccccc1. The highest BCUT2D eigenvalue weighted by molar-refractivity contribution is 8.02. The average Bonchev–Trinajstić information content (AvgIpc) is 2.25. The highest BCUT2D eigenvalue weighted by atomic mass is 32.2. The number of methoxy groups -OCH3 is 1. The van der Waals surface area contributed by atoms with E-state index in [1.165, 1.54) is 4.90 Å². The molecule has 14 heavy (non-hydrogen) atoms. The average molecular weight is 206 g/mol. The number of hydrogen-bond donors (Lipinski definition) is 0. The maximum atomic E-state index is 5.23. The van der Waals surface area contributed by atoms with Gasteiger partial charge in [-0.25, -0.2) is 0 Å². The van der Waals surface area contributed by atoms with Crippen molar-refractivity contribution in [3.8, 4) is 0 Å². The van der Waals surface area contributed by atoms with Gasteiger partial charge in [0.15, 0.2) is 5.09 Å². The van der Waals surface area contributed by atoms with Crippen LogP contribution in [-0.4, -0.2) is 7.11 Å². The fraction of sp³-hybridized carbons (Fsp3) is 0.167. The Balaban J connectivity index is 2.66. The first kappa shape index (κ1) is 10.9. The summed E-state index contributed by atoms with van der Waals surface area (Å²) in [6, 6.07) is 10.2. The Kier molecular flexibility index (Phi) is 4.94. The Hall–Kier alpha value is -1.15. The minimum absolute atomic E-state index is 0.898. The van der Waals surface area contributed by atoms with E-state index in [2.05, 4.69) is 12.1 Å². The van der Waals surface area contributed by atoms with E-state index in [9.17, 15) is 0 Å². The molecular formula is C12H14OS. The van der Waals surface area contributed by atoms with Crippen molar-refractivity contribution >= 4 is 11.8 Å². The summed E-state index contributed by atoms with van der Waals surface area (Å²) < 4.78 is 5.23. The lowest BCUT2D eigenvalue weighted by Gasteiger charge is -2.03. The molecular weight excluding hydrogens is 192 g/mol. The zero-order valence-electron chi connectivity index (χ0n) is 8.44. The van der Waals surface area contributed by atoms with E-state index in [0.29, 0.717) is 0 Å². The highest BCUT2D eigenvalue weighted by Crippen LogP contribution is 2.26. The summed E-state index contributed by atoms with van der Waals surface area (Å²) in [6.07, 6.45) is 5.90. The van der Waals surface area contributed by atoms with E-state index in [4.69, 9.17) is 4.74 Å². The molecule has 0 bridgehead atoms. The Labute approximate surface area is 89.5 Å². The van der Waals surface area contributed by atoms with Crippen molar-refractivity contribution in [3.05, 3.63) is 53.7 Å². The molecule has 0 heterocycles. The zero-order valence-corrected chi connectivity index (χ0v) is 9.25. The Morgan fingerprint density at radius 2 is 2.00 bits per heavy atom. The first-order valence-electron chi connectivity index (χ1n) is 4.46. The van der Waals surface area contributed by atoms with Crippen molar-refractivity contribution in [2.24, 2.45) is 0 Å².